The molecule has 0 saturated heterocycles. The third kappa shape index (κ3) is 3.61. The average molecular weight is 449 g/mol. The number of ether oxygens (including phenoxy) is 1. The molecule has 0 amide bonds. The van der Waals surface area contributed by atoms with Gasteiger partial charge in [0.05, 0.1) is 10.0 Å². The predicted molar refractivity (Wildman–Crippen MR) is 71.6 cm³/mol. The topological polar surface area (TPSA) is 46.5 Å². The van der Waals surface area contributed by atoms with E-state index in [-0.39, 0.29) is 18.2 Å². The molecule has 2 rings (SSSR count). The molecule has 0 bridgehead atoms. The largest absolute Gasteiger partial charge is 0.478 e. The Kier molecular flexibility index (Phi) is 3.58. The van der Waals surface area contributed by atoms with Crippen molar-refractivity contribution >= 4 is 38.2 Å². The number of carboxylic acids is 1. The second kappa shape index (κ2) is 4.56. The van der Waals surface area contributed by atoms with Gasteiger partial charge in [0, 0.05) is 5.56 Å². The summed E-state index contributed by atoms with van der Waals surface area (Å²) in [4.78, 5) is 8.50. The lowest BCUT2D eigenvalue weighted by Gasteiger charge is -2.41. The molecular formula is C11H5BrF8O3S. The normalized spacial score (nSPS) is 21.0. The van der Waals surface area contributed by atoms with Crippen molar-refractivity contribution in [1.29, 1.82) is 0 Å². The van der Waals surface area contributed by atoms with E-state index in [2.05, 4.69) is 20.7 Å². The summed E-state index contributed by atoms with van der Waals surface area (Å²) < 4.78 is 106. The van der Waals surface area contributed by atoms with Crippen molar-refractivity contribution in [2.24, 2.45) is 0 Å². The Labute approximate surface area is 136 Å². The van der Waals surface area contributed by atoms with Gasteiger partial charge in [0.15, 0.2) is 0 Å². The zero-order valence-electron chi connectivity index (χ0n) is 10.9. The molecule has 0 aliphatic carbocycles. The van der Waals surface area contributed by atoms with Gasteiger partial charge in [-0.05, 0) is 34.1 Å². The molecule has 0 unspecified atom stereocenters. The lowest BCUT2D eigenvalue weighted by molar-refractivity contribution is -0.187. The highest BCUT2D eigenvalue weighted by Crippen LogP contribution is 3.02. The van der Waals surface area contributed by atoms with Crippen molar-refractivity contribution in [3.8, 4) is 5.75 Å². The fourth-order valence-electron chi connectivity index (χ4n) is 1.88. The second-order valence-electron chi connectivity index (χ2n) is 4.74. The Balaban J connectivity index is 2.73. The number of carboxylic acid groups (broad SMARTS) is 1. The molecule has 1 aliphatic heterocycles. The third-order valence-corrected chi connectivity index (χ3v) is 4.58. The first-order valence-electron chi connectivity index (χ1n) is 5.66. The zero-order chi connectivity index (χ0) is 18.8. The fourth-order valence-corrected chi connectivity index (χ4v) is 3.30. The minimum absolute atomic E-state index is 0.118. The van der Waals surface area contributed by atoms with E-state index in [1.165, 1.54) is 0 Å². The Morgan fingerprint density at radius 2 is 1.71 bits per heavy atom. The summed E-state index contributed by atoms with van der Waals surface area (Å²) in [6.07, 6.45) is -7.92. The van der Waals surface area contributed by atoms with Crippen molar-refractivity contribution in [1.82, 2.24) is 0 Å². The predicted octanol–water partition coefficient (Wildman–Crippen LogP) is 5.90. The van der Waals surface area contributed by atoms with E-state index in [0.717, 1.165) is 0 Å². The maximum absolute atomic E-state index is 12.8. The van der Waals surface area contributed by atoms with E-state index in [4.69, 9.17) is 5.11 Å². The van der Waals surface area contributed by atoms with Gasteiger partial charge in [0.2, 0.25) is 6.10 Å². The molecule has 1 N–H and O–H groups in total. The number of fused-ring (bicyclic) bond motifs is 1. The number of carbonyl (C=O) groups is 1. The summed E-state index contributed by atoms with van der Waals surface area (Å²) in [5.74, 6) is -2.94. The minimum atomic E-state index is -10.1. The van der Waals surface area contributed by atoms with Crippen LogP contribution in [0.5, 0.6) is 5.75 Å². The van der Waals surface area contributed by atoms with Crippen LogP contribution < -0.4 is 4.74 Å². The smallest absolute Gasteiger partial charge is 0.430 e. The first-order valence-corrected chi connectivity index (χ1v) is 8.40. The van der Waals surface area contributed by atoms with Gasteiger partial charge in [-0.2, -0.15) is 13.2 Å². The first-order chi connectivity index (χ1) is 10.4. The summed E-state index contributed by atoms with van der Waals surface area (Å²) in [5.41, 5.74) is -2.30. The minimum Gasteiger partial charge on any atom is -0.478 e. The van der Waals surface area contributed by atoms with Crippen molar-refractivity contribution in [3.63, 3.8) is 0 Å². The lowest BCUT2D eigenvalue weighted by Crippen LogP contribution is -2.40. The van der Waals surface area contributed by atoms with Gasteiger partial charge in [-0.1, -0.05) is 19.4 Å². The van der Waals surface area contributed by atoms with Crippen molar-refractivity contribution < 1.29 is 47.2 Å². The molecule has 3 nitrogen and oxygen atoms in total. The molecule has 0 fully saturated rings. The van der Waals surface area contributed by atoms with Crippen LogP contribution in [-0.4, -0.2) is 23.4 Å². The quantitative estimate of drug-likeness (QED) is 0.573. The summed E-state index contributed by atoms with van der Waals surface area (Å²) in [7, 11) is -10.1. The average Bonchev–Trinajstić information content (AvgIpc) is 2.33. The Morgan fingerprint density at radius 1 is 1.17 bits per heavy atom. The number of benzene rings is 1. The zero-order valence-corrected chi connectivity index (χ0v) is 13.3. The van der Waals surface area contributed by atoms with E-state index in [0.29, 0.717) is 0 Å². The Hall–Kier alpha value is -1.50. The number of hydrogen-bond acceptors (Lipinski definition) is 2. The highest BCUT2D eigenvalue weighted by atomic mass is 79.9. The fraction of sp³-hybridized carbons (Fsp3) is 0.182. The number of halogens is 9. The van der Waals surface area contributed by atoms with E-state index >= 15 is 0 Å². The summed E-state index contributed by atoms with van der Waals surface area (Å²) in [6.45, 7) is 0. The van der Waals surface area contributed by atoms with Gasteiger partial charge >= 0.3 is 22.4 Å². The van der Waals surface area contributed by atoms with Crippen LogP contribution in [-0.2, 0) is 4.79 Å². The molecule has 1 atom stereocenters. The summed E-state index contributed by atoms with van der Waals surface area (Å²) in [5, 5.41) is 8.77. The van der Waals surface area contributed by atoms with Crippen LogP contribution in [0.1, 0.15) is 5.56 Å². The molecule has 1 heterocycles. The van der Waals surface area contributed by atoms with Crippen LogP contribution in [0.4, 0.5) is 32.6 Å². The number of alkyl halides is 3. The molecule has 0 aromatic heterocycles. The van der Waals surface area contributed by atoms with Crippen LogP contribution >= 0.6 is 26.2 Å². The van der Waals surface area contributed by atoms with Gasteiger partial charge < -0.3 is 9.84 Å². The first kappa shape index (κ1) is 18.8. The standard InChI is InChI=1S/C11H5BrF8O3S/c12-7-3-5(24(16,17,18,19)20)1-4-2-6(10(21)22)9(11(13,14)15)23-8(4)7/h1-3,9H,(H,21,22)/t9-/m0/s1. The van der Waals surface area contributed by atoms with Crippen LogP contribution in [0.3, 0.4) is 0 Å². The van der Waals surface area contributed by atoms with Crippen LogP contribution in [0.25, 0.3) is 6.08 Å². The molecule has 1 aromatic rings. The second-order valence-corrected chi connectivity index (χ2v) is 8.00. The molecule has 1 aliphatic rings. The maximum atomic E-state index is 12.8. The van der Waals surface area contributed by atoms with Crippen molar-refractivity contribution in [2.45, 2.75) is 17.2 Å². The third-order valence-electron chi connectivity index (χ3n) is 2.86. The van der Waals surface area contributed by atoms with Crippen LogP contribution in [0, 0.1) is 0 Å². The number of rotatable bonds is 2. The number of aliphatic carboxylic acids is 1. The molecule has 0 radical (unpaired) electrons. The number of hydrogen-bond donors (Lipinski definition) is 1. The van der Waals surface area contributed by atoms with Crippen LogP contribution in [0.2, 0.25) is 0 Å². The summed E-state index contributed by atoms with van der Waals surface area (Å²) in [6, 6.07) is -0.273. The van der Waals surface area contributed by atoms with Gasteiger partial charge in [-0.25, -0.2) is 4.79 Å². The molecule has 0 saturated carbocycles. The monoisotopic (exact) mass is 448 g/mol. The van der Waals surface area contributed by atoms with Gasteiger partial charge in [0.1, 0.15) is 10.6 Å². The van der Waals surface area contributed by atoms with E-state index in [9.17, 15) is 37.4 Å². The van der Waals surface area contributed by atoms with E-state index < -0.39 is 54.7 Å². The van der Waals surface area contributed by atoms with Gasteiger partial charge in [-0.3, -0.25) is 0 Å². The lowest BCUT2D eigenvalue weighted by atomic mass is 10.0. The molecular weight excluding hydrogens is 444 g/mol. The van der Waals surface area contributed by atoms with Gasteiger partial charge in [-0.15, -0.1) is 0 Å². The molecule has 136 valence electrons. The Bertz CT molecular complexity index is 768. The Morgan fingerprint density at radius 3 is 2.12 bits per heavy atom. The SMILES string of the molecule is O=C(O)C1=Cc2cc(S(F)(F)(F)(F)F)cc(Br)c2O[C@@H]1C(F)(F)F. The maximum Gasteiger partial charge on any atom is 0.430 e. The summed E-state index contributed by atoms with van der Waals surface area (Å²) >= 11 is 2.44. The molecule has 0 spiro atoms. The van der Waals surface area contributed by atoms with Crippen molar-refractivity contribution in [2.75, 3.05) is 0 Å². The van der Waals surface area contributed by atoms with E-state index in [1.807, 2.05) is 0 Å². The van der Waals surface area contributed by atoms with Gasteiger partial charge in [0.25, 0.3) is 0 Å². The molecule has 1 aromatic carbocycles. The molecule has 24 heavy (non-hydrogen) atoms. The van der Waals surface area contributed by atoms with Crippen molar-refractivity contribution in [3.05, 3.63) is 27.7 Å². The van der Waals surface area contributed by atoms with E-state index in [1.54, 1.807) is 0 Å². The van der Waals surface area contributed by atoms with Crippen LogP contribution in [0.15, 0.2) is 27.1 Å². The highest BCUT2D eigenvalue weighted by Gasteiger charge is 2.65. The molecule has 13 heteroatoms. The highest BCUT2D eigenvalue weighted by molar-refractivity contribution is 9.10.